The third-order valence-corrected chi connectivity index (χ3v) is 3.34. The Kier molecular flexibility index (Phi) is 5.17. The molecule has 8 heteroatoms. The maximum atomic E-state index is 11.7. The van der Waals surface area contributed by atoms with Gasteiger partial charge in [0.1, 0.15) is 25.0 Å². The molecule has 1 aromatic carbocycles. The number of carbonyl (C=O) groups excluding carboxylic acids is 3. The van der Waals surface area contributed by atoms with Crippen molar-refractivity contribution in [3.05, 3.63) is 29.8 Å². The summed E-state index contributed by atoms with van der Waals surface area (Å²) < 4.78 is 9.96. The molecule has 1 aliphatic heterocycles. The molecule has 8 nitrogen and oxygen atoms in total. The standard InChI is InChI=1S/C15H18N2O6/c1-16-8-13(19)17(15(16)21)7-11(18)9-23-12-5-3-10(4-6-12)14(20)22-2/h3-6,11,18H,7-9H2,1-2H3/t11-/m0/s1. The molecule has 1 fully saturated rings. The van der Waals surface area contributed by atoms with Crippen LogP contribution in [0.3, 0.4) is 0 Å². The van der Waals surface area contributed by atoms with Gasteiger partial charge in [-0.2, -0.15) is 0 Å². The van der Waals surface area contributed by atoms with Crippen LogP contribution in [-0.4, -0.2) is 72.8 Å². The molecule has 1 N–H and O–H groups in total. The van der Waals surface area contributed by atoms with Crippen molar-refractivity contribution >= 4 is 17.9 Å². The lowest BCUT2D eigenvalue weighted by molar-refractivity contribution is -0.126. The first kappa shape index (κ1) is 16.8. The molecule has 0 aliphatic carbocycles. The Hall–Kier alpha value is -2.61. The van der Waals surface area contributed by atoms with E-state index in [9.17, 15) is 19.5 Å². The van der Waals surface area contributed by atoms with Crippen molar-refractivity contribution in [3.8, 4) is 5.75 Å². The van der Waals surface area contributed by atoms with Gasteiger partial charge >= 0.3 is 12.0 Å². The van der Waals surface area contributed by atoms with E-state index in [0.717, 1.165) is 4.90 Å². The molecule has 3 amide bonds. The zero-order chi connectivity index (χ0) is 17.0. The monoisotopic (exact) mass is 322 g/mol. The number of esters is 1. The lowest BCUT2D eigenvalue weighted by Crippen LogP contribution is -2.40. The highest BCUT2D eigenvalue weighted by Crippen LogP contribution is 2.14. The number of nitrogens with zero attached hydrogens (tertiary/aromatic N) is 2. The summed E-state index contributed by atoms with van der Waals surface area (Å²) in [6, 6.07) is 5.78. The molecule has 1 atom stereocenters. The molecule has 0 aromatic heterocycles. The number of urea groups is 1. The molecule has 1 heterocycles. The third kappa shape index (κ3) is 3.98. The average Bonchev–Trinajstić information content (AvgIpc) is 2.79. The van der Waals surface area contributed by atoms with E-state index < -0.39 is 18.1 Å². The van der Waals surface area contributed by atoms with E-state index in [2.05, 4.69) is 4.74 Å². The maximum Gasteiger partial charge on any atom is 0.337 e. The second-order valence-electron chi connectivity index (χ2n) is 5.12. The summed E-state index contributed by atoms with van der Waals surface area (Å²) in [5, 5.41) is 9.91. The number of imide groups is 1. The Labute approximate surface area is 133 Å². The molecule has 1 saturated heterocycles. The Bertz CT molecular complexity index is 600. The summed E-state index contributed by atoms with van der Waals surface area (Å²) in [5.41, 5.74) is 0.386. The minimum atomic E-state index is -1.00. The van der Waals surface area contributed by atoms with Crippen LogP contribution in [0.4, 0.5) is 4.79 Å². The second kappa shape index (κ2) is 7.10. The van der Waals surface area contributed by atoms with E-state index >= 15 is 0 Å². The molecule has 2 rings (SSSR count). The van der Waals surface area contributed by atoms with Crippen molar-refractivity contribution in [1.82, 2.24) is 9.80 Å². The number of hydrogen-bond donors (Lipinski definition) is 1. The Morgan fingerprint density at radius 1 is 1.30 bits per heavy atom. The van der Waals surface area contributed by atoms with Crippen LogP contribution in [0.25, 0.3) is 0 Å². The Balaban J connectivity index is 1.85. The number of ether oxygens (including phenoxy) is 2. The number of benzene rings is 1. The normalized spacial score (nSPS) is 15.8. The lowest BCUT2D eigenvalue weighted by Gasteiger charge is -2.18. The molecule has 0 radical (unpaired) electrons. The van der Waals surface area contributed by atoms with Gasteiger partial charge in [0.15, 0.2) is 0 Å². The SMILES string of the molecule is COC(=O)c1ccc(OC[C@@H](O)CN2C(=O)CN(C)C2=O)cc1. The molecule has 0 saturated carbocycles. The zero-order valence-electron chi connectivity index (χ0n) is 12.9. The quantitative estimate of drug-likeness (QED) is 0.590. The third-order valence-electron chi connectivity index (χ3n) is 3.34. The van der Waals surface area contributed by atoms with Gasteiger partial charge in [0.25, 0.3) is 0 Å². The zero-order valence-corrected chi connectivity index (χ0v) is 12.9. The highest BCUT2D eigenvalue weighted by atomic mass is 16.5. The number of aliphatic hydroxyl groups excluding tert-OH is 1. The van der Waals surface area contributed by atoms with Crippen molar-refractivity contribution in [2.45, 2.75) is 6.10 Å². The summed E-state index contributed by atoms with van der Waals surface area (Å²) >= 11 is 0. The first-order valence-corrected chi connectivity index (χ1v) is 6.97. The van der Waals surface area contributed by atoms with E-state index in [1.807, 2.05) is 0 Å². The van der Waals surface area contributed by atoms with Crippen LogP contribution in [0.2, 0.25) is 0 Å². The summed E-state index contributed by atoms with van der Waals surface area (Å²) in [6.07, 6.45) is -1.00. The number of β-amino-alcohol motifs (C(OH)–C–C–N with tert-alkyl or cyclic N) is 1. The largest absolute Gasteiger partial charge is 0.491 e. The van der Waals surface area contributed by atoms with Gasteiger partial charge < -0.3 is 19.5 Å². The van der Waals surface area contributed by atoms with Crippen molar-refractivity contribution < 1.29 is 29.0 Å². The topological polar surface area (TPSA) is 96.4 Å². The van der Waals surface area contributed by atoms with Gasteiger partial charge in [0.2, 0.25) is 5.91 Å². The van der Waals surface area contributed by atoms with Crippen LogP contribution in [0.5, 0.6) is 5.75 Å². The molecule has 1 aliphatic rings. The minimum absolute atomic E-state index is 0.0153. The van der Waals surface area contributed by atoms with Gasteiger partial charge in [-0.1, -0.05) is 0 Å². The number of aliphatic hydroxyl groups is 1. The predicted octanol–water partition coefficient (Wildman–Crippen LogP) is 0.107. The van der Waals surface area contributed by atoms with E-state index in [0.29, 0.717) is 11.3 Å². The molecule has 0 unspecified atom stereocenters. The van der Waals surface area contributed by atoms with Gasteiger partial charge in [-0.3, -0.25) is 9.69 Å². The van der Waals surface area contributed by atoms with Gasteiger partial charge in [-0.25, -0.2) is 9.59 Å². The van der Waals surface area contributed by atoms with Crippen molar-refractivity contribution in [2.24, 2.45) is 0 Å². The van der Waals surface area contributed by atoms with Crippen molar-refractivity contribution in [1.29, 1.82) is 0 Å². The Morgan fingerprint density at radius 3 is 2.48 bits per heavy atom. The average molecular weight is 322 g/mol. The molecule has 1 aromatic rings. The summed E-state index contributed by atoms with van der Waals surface area (Å²) in [7, 11) is 2.81. The maximum absolute atomic E-state index is 11.7. The summed E-state index contributed by atoms with van der Waals surface area (Å²) in [6.45, 7) is -0.192. The minimum Gasteiger partial charge on any atom is -0.491 e. The number of amides is 3. The fraction of sp³-hybridized carbons (Fsp3) is 0.400. The van der Waals surface area contributed by atoms with Gasteiger partial charge in [0, 0.05) is 7.05 Å². The van der Waals surface area contributed by atoms with E-state index in [1.54, 1.807) is 12.1 Å². The van der Waals surface area contributed by atoms with Crippen LogP contribution >= 0.6 is 0 Å². The first-order valence-electron chi connectivity index (χ1n) is 6.97. The molecule has 23 heavy (non-hydrogen) atoms. The molecule has 0 spiro atoms. The van der Waals surface area contributed by atoms with Crippen LogP contribution < -0.4 is 4.74 Å². The fourth-order valence-corrected chi connectivity index (χ4v) is 2.11. The van der Waals surface area contributed by atoms with E-state index in [1.165, 1.54) is 31.2 Å². The number of hydrogen-bond acceptors (Lipinski definition) is 6. The number of methoxy groups -OCH3 is 1. The van der Waals surface area contributed by atoms with Crippen LogP contribution in [0, 0.1) is 0 Å². The van der Waals surface area contributed by atoms with Crippen LogP contribution in [0.1, 0.15) is 10.4 Å². The lowest BCUT2D eigenvalue weighted by atomic mass is 10.2. The molecule has 0 bridgehead atoms. The Morgan fingerprint density at radius 2 is 1.96 bits per heavy atom. The highest BCUT2D eigenvalue weighted by Gasteiger charge is 2.34. The van der Waals surface area contributed by atoms with Crippen LogP contribution in [-0.2, 0) is 9.53 Å². The fourth-order valence-electron chi connectivity index (χ4n) is 2.11. The number of rotatable bonds is 6. The van der Waals surface area contributed by atoms with Gasteiger partial charge in [-0.15, -0.1) is 0 Å². The van der Waals surface area contributed by atoms with Gasteiger partial charge in [-0.05, 0) is 24.3 Å². The molecular weight excluding hydrogens is 304 g/mol. The summed E-state index contributed by atoms with van der Waals surface area (Å²) in [4.78, 5) is 36.9. The van der Waals surface area contributed by atoms with Crippen molar-refractivity contribution in [3.63, 3.8) is 0 Å². The predicted molar refractivity (Wildman–Crippen MR) is 79.0 cm³/mol. The van der Waals surface area contributed by atoms with Crippen molar-refractivity contribution in [2.75, 3.05) is 33.9 Å². The molecule has 124 valence electrons. The molecular formula is C15H18N2O6. The second-order valence-corrected chi connectivity index (χ2v) is 5.12. The smallest absolute Gasteiger partial charge is 0.337 e. The highest BCUT2D eigenvalue weighted by molar-refractivity contribution is 6.01. The van der Waals surface area contributed by atoms with Gasteiger partial charge in [0.05, 0.1) is 19.2 Å². The first-order chi connectivity index (χ1) is 10.9. The number of likely N-dealkylation sites (N-methyl/N-ethyl adjacent to an activating group) is 1. The van der Waals surface area contributed by atoms with E-state index in [4.69, 9.17) is 4.74 Å². The van der Waals surface area contributed by atoms with Crippen LogP contribution in [0.15, 0.2) is 24.3 Å². The number of carbonyl (C=O) groups is 3. The summed E-state index contributed by atoms with van der Waals surface area (Å²) in [5.74, 6) is -0.348. The van der Waals surface area contributed by atoms with E-state index in [-0.39, 0.29) is 25.6 Å².